The molecule has 5 heteroatoms. The van der Waals surface area contributed by atoms with Crippen molar-refractivity contribution < 1.29 is 9.53 Å². The minimum Gasteiger partial charge on any atom is -0.438 e. The number of aryl methyl sites for hydroxylation is 1. The minimum atomic E-state index is -0.374. The highest BCUT2D eigenvalue weighted by molar-refractivity contribution is 5.69. The van der Waals surface area contributed by atoms with Gasteiger partial charge in [0.25, 0.3) is 0 Å². The molecule has 1 amide bonds. The first kappa shape index (κ1) is 7.15. The summed E-state index contributed by atoms with van der Waals surface area (Å²) in [6, 6.07) is 1.87. The Morgan fingerprint density at radius 1 is 1.75 bits per heavy atom. The van der Waals surface area contributed by atoms with Crippen molar-refractivity contribution in [2.45, 2.75) is 13.0 Å². The van der Waals surface area contributed by atoms with Gasteiger partial charge < -0.3 is 10.1 Å². The van der Waals surface area contributed by atoms with E-state index in [9.17, 15) is 4.79 Å². The van der Waals surface area contributed by atoms with Gasteiger partial charge in [-0.25, -0.2) is 4.79 Å². The molecule has 1 atom stereocenters. The lowest BCUT2D eigenvalue weighted by Crippen LogP contribution is -2.12. The molecule has 0 saturated carbocycles. The molecule has 12 heavy (non-hydrogen) atoms. The Kier molecular flexibility index (Phi) is 1.49. The summed E-state index contributed by atoms with van der Waals surface area (Å²) in [5.41, 5.74) is 1.73. The maximum absolute atomic E-state index is 10.7. The molecule has 1 saturated heterocycles. The third-order valence-electron chi connectivity index (χ3n) is 1.74. The maximum atomic E-state index is 10.7. The first-order valence-electron chi connectivity index (χ1n) is 3.72. The second kappa shape index (κ2) is 2.51. The van der Waals surface area contributed by atoms with Gasteiger partial charge in [-0.15, -0.1) is 0 Å². The van der Waals surface area contributed by atoms with Crippen molar-refractivity contribution in [2.75, 3.05) is 6.54 Å². The van der Waals surface area contributed by atoms with Gasteiger partial charge in [0.05, 0.1) is 6.54 Å². The summed E-state index contributed by atoms with van der Waals surface area (Å²) >= 11 is 0. The van der Waals surface area contributed by atoms with Crippen LogP contribution in [0.4, 0.5) is 4.79 Å². The summed E-state index contributed by atoms with van der Waals surface area (Å²) in [5, 5.41) is 9.34. The molecule has 1 aromatic heterocycles. The molecule has 0 aliphatic carbocycles. The molecule has 64 valence electrons. The zero-order chi connectivity index (χ0) is 8.55. The van der Waals surface area contributed by atoms with E-state index in [0.29, 0.717) is 6.54 Å². The van der Waals surface area contributed by atoms with E-state index in [0.717, 1.165) is 11.4 Å². The first-order chi connectivity index (χ1) is 5.75. The molecule has 0 spiro atoms. The second-order valence-corrected chi connectivity index (χ2v) is 2.75. The van der Waals surface area contributed by atoms with Crippen molar-refractivity contribution in [2.24, 2.45) is 0 Å². The van der Waals surface area contributed by atoms with Gasteiger partial charge in [-0.3, -0.25) is 5.10 Å². The van der Waals surface area contributed by atoms with Crippen molar-refractivity contribution in [3.05, 3.63) is 17.5 Å². The number of hydrogen-bond donors (Lipinski definition) is 2. The van der Waals surface area contributed by atoms with Gasteiger partial charge in [-0.2, -0.15) is 5.10 Å². The predicted molar refractivity (Wildman–Crippen MR) is 40.5 cm³/mol. The van der Waals surface area contributed by atoms with Gasteiger partial charge in [-0.05, 0) is 13.0 Å². The van der Waals surface area contributed by atoms with Crippen molar-refractivity contribution in [3.8, 4) is 0 Å². The molecule has 2 N–H and O–H groups in total. The van der Waals surface area contributed by atoms with Crippen molar-refractivity contribution in [1.29, 1.82) is 0 Å². The number of hydrogen-bond acceptors (Lipinski definition) is 3. The number of alkyl carbamates (subject to hydrolysis) is 1. The fourth-order valence-corrected chi connectivity index (χ4v) is 1.16. The van der Waals surface area contributed by atoms with Crippen LogP contribution < -0.4 is 5.32 Å². The van der Waals surface area contributed by atoms with Crippen LogP contribution in [0.25, 0.3) is 0 Å². The summed E-state index contributed by atoms with van der Waals surface area (Å²) in [6.45, 7) is 2.41. The quantitative estimate of drug-likeness (QED) is 0.640. The number of cyclic esters (lactones) is 1. The summed E-state index contributed by atoms with van der Waals surface area (Å²) in [5.74, 6) is 0. The molecule has 0 bridgehead atoms. The highest BCUT2D eigenvalue weighted by Crippen LogP contribution is 2.18. The van der Waals surface area contributed by atoms with Gasteiger partial charge in [-0.1, -0.05) is 0 Å². The molecule has 1 unspecified atom stereocenters. The van der Waals surface area contributed by atoms with Crippen LogP contribution in [0.1, 0.15) is 17.5 Å². The first-order valence-corrected chi connectivity index (χ1v) is 3.72. The van der Waals surface area contributed by atoms with Gasteiger partial charge in [0.15, 0.2) is 6.10 Å². The van der Waals surface area contributed by atoms with Gasteiger partial charge >= 0.3 is 6.09 Å². The Balaban J connectivity index is 2.15. The zero-order valence-electron chi connectivity index (χ0n) is 6.63. The van der Waals surface area contributed by atoms with E-state index in [1.54, 1.807) is 0 Å². The highest BCUT2D eigenvalue weighted by atomic mass is 16.6. The molecular weight excluding hydrogens is 158 g/mol. The standard InChI is InChI=1S/C7H9N3O2/c1-4-2-5(10-9-4)6-3-8-7(11)12-6/h2,6H,3H2,1H3,(H,8,11)(H,9,10). The molecule has 2 rings (SSSR count). The Bertz CT molecular complexity index is 307. The van der Waals surface area contributed by atoms with E-state index in [1.165, 1.54) is 0 Å². The Hall–Kier alpha value is -1.52. The fraction of sp³-hybridized carbons (Fsp3) is 0.429. The number of ether oxygens (including phenoxy) is 1. The monoisotopic (exact) mass is 167 g/mol. The second-order valence-electron chi connectivity index (χ2n) is 2.75. The van der Waals surface area contributed by atoms with E-state index in [-0.39, 0.29) is 12.2 Å². The van der Waals surface area contributed by atoms with E-state index in [4.69, 9.17) is 4.74 Å². The van der Waals surface area contributed by atoms with Gasteiger partial charge in [0.2, 0.25) is 0 Å². The van der Waals surface area contributed by atoms with E-state index >= 15 is 0 Å². The van der Waals surface area contributed by atoms with E-state index in [1.807, 2.05) is 13.0 Å². The lowest BCUT2D eigenvalue weighted by atomic mass is 10.2. The Labute approximate surface area is 69.1 Å². The third-order valence-corrected chi connectivity index (χ3v) is 1.74. The van der Waals surface area contributed by atoms with Crippen LogP contribution in [-0.2, 0) is 4.74 Å². The SMILES string of the molecule is Cc1cc(C2CNC(=O)O2)n[nH]1. The number of rotatable bonds is 1. The van der Waals surface area contributed by atoms with Crippen molar-refractivity contribution in [3.63, 3.8) is 0 Å². The number of H-pyrrole nitrogens is 1. The van der Waals surface area contributed by atoms with Gasteiger partial charge in [0.1, 0.15) is 5.69 Å². The van der Waals surface area contributed by atoms with Crippen LogP contribution in [0.3, 0.4) is 0 Å². The number of nitrogens with one attached hydrogen (secondary N) is 2. The van der Waals surface area contributed by atoms with Crippen LogP contribution in [0.2, 0.25) is 0 Å². The van der Waals surface area contributed by atoms with Gasteiger partial charge in [0, 0.05) is 5.69 Å². The third kappa shape index (κ3) is 1.13. The zero-order valence-corrected chi connectivity index (χ0v) is 6.63. The average molecular weight is 167 g/mol. The smallest absolute Gasteiger partial charge is 0.408 e. The molecule has 2 heterocycles. The highest BCUT2D eigenvalue weighted by Gasteiger charge is 2.25. The summed E-state index contributed by atoms with van der Waals surface area (Å²) in [6.07, 6.45) is -0.608. The van der Waals surface area contributed by atoms with Crippen molar-refractivity contribution in [1.82, 2.24) is 15.5 Å². The molecular formula is C7H9N3O2. The number of carbonyl (C=O) groups excluding carboxylic acids is 1. The van der Waals surface area contributed by atoms with Crippen LogP contribution in [0, 0.1) is 6.92 Å². The number of aromatic nitrogens is 2. The number of carbonyl (C=O) groups is 1. The summed E-state index contributed by atoms with van der Waals surface area (Å²) < 4.78 is 4.93. The number of nitrogens with zero attached hydrogens (tertiary/aromatic N) is 1. The molecule has 1 fully saturated rings. The fourth-order valence-electron chi connectivity index (χ4n) is 1.16. The Morgan fingerprint density at radius 3 is 3.08 bits per heavy atom. The van der Waals surface area contributed by atoms with E-state index in [2.05, 4.69) is 15.5 Å². The molecule has 1 aliphatic heterocycles. The molecule has 0 aromatic carbocycles. The Morgan fingerprint density at radius 2 is 2.58 bits per heavy atom. The normalized spacial score (nSPS) is 22.1. The van der Waals surface area contributed by atoms with Crippen LogP contribution >= 0.6 is 0 Å². The van der Waals surface area contributed by atoms with Crippen LogP contribution in [0.15, 0.2) is 6.07 Å². The average Bonchev–Trinajstić information content (AvgIpc) is 2.58. The summed E-state index contributed by atoms with van der Waals surface area (Å²) in [4.78, 5) is 10.7. The molecule has 5 nitrogen and oxygen atoms in total. The predicted octanol–water partition coefficient (Wildman–Crippen LogP) is 0.499. The lowest BCUT2D eigenvalue weighted by molar-refractivity contribution is 0.139. The van der Waals surface area contributed by atoms with Crippen LogP contribution in [-0.4, -0.2) is 22.8 Å². The molecule has 0 radical (unpaired) electrons. The lowest BCUT2D eigenvalue weighted by Gasteiger charge is -2.00. The largest absolute Gasteiger partial charge is 0.438 e. The maximum Gasteiger partial charge on any atom is 0.408 e. The minimum absolute atomic E-state index is 0.234. The molecule has 1 aromatic rings. The molecule has 1 aliphatic rings. The van der Waals surface area contributed by atoms with Crippen LogP contribution in [0.5, 0.6) is 0 Å². The topological polar surface area (TPSA) is 67.0 Å². The van der Waals surface area contributed by atoms with Crippen molar-refractivity contribution >= 4 is 6.09 Å². The number of amides is 1. The van der Waals surface area contributed by atoms with E-state index < -0.39 is 0 Å². The summed E-state index contributed by atoms with van der Waals surface area (Å²) in [7, 11) is 0. The number of aromatic amines is 1.